The average Bonchev–Trinajstić information content (AvgIpc) is 3.94. The van der Waals surface area contributed by atoms with Gasteiger partial charge in [0.05, 0.1) is 36.6 Å². The molecule has 360 valence electrons. The number of piperazine rings is 1. The summed E-state index contributed by atoms with van der Waals surface area (Å²) in [7, 11) is 0. The van der Waals surface area contributed by atoms with Crippen LogP contribution in [0.3, 0.4) is 0 Å². The fourth-order valence-electron chi connectivity index (χ4n) is 7.62. The number of carboxylic acids is 1. The first-order valence-corrected chi connectivity index (χ1v) is 24.4. The van der Waals surface area contributed by atoms with Gasteiger partial charge in [-0.1, -0.05) is 54.0 Å². The number of amides is 3. The van der Waals surface area contributed by atoms with Gasteiger partial charge in [0.15, 0.2) is 22.2 Å². The predicted molar refractivity (Wildman–Crippen MR) is 258 cm³/mol. The zero-order chi connectivity index (χ0) is 47.7. The number of nitrogens with one attached hydrogen (secondary N) is 4. The molecular formula is C47H61FN10O7S2. The Balaban J connectivity index is 0.878. The SMILES string of the molecule is CCC(=O)NCCOCCNC(=O)CCCC(=O)N1CCN(CC#Cc2ccc(OCCCC3=C(C(=O)O)NC(N4CCCC(/C(C)=C(\N)Nc5nc6ccccc6s5)=C4N)S3)c(F)c2)CC1. The summed E-state index contributed by atoms with van der Waals surface area (Å²) >= 11 is 2.92. The van der Waals surface area contributed by atoms with Gasteiger partial charge in [-0.3, -0.25) is 19.3 Å². The number of anilines is 1. The van der Waals surface area contributed by atoms with Crippen LogP contribution in [-0.2, 0) is 23.9 Å². The molecule has 0 aliphatic carbocycles. The highest BCUT2D eigenvalue weighted by Crippen LogP contribution is 2.39. The van der Waals surface area contributed by atoms with E-state index < -0.39 is 17.3 Å². The molecular weight excluding hydrogens is 900 g/mol. The molecule has 20 heteroatoms. The molecule has 9 N–H and O–H groups in total. The van der Waals surface area contributed by atoms with Crippen LogP contribution in [0, 0.1) is 17.7 Å². The van der Waals surface area contributed by atoms with Crippen LogP contribution in [0.2, 0.25) is 0 Å². The fraction of sp³-hybridized carbons (Fsp3) is 0.468. The molecule has 1 atom stereocenters. The highest BCUT2D eigenvalue weighted by molar-refractivity contribution is 8.03. The number of carbonyl (C=O) groups is 4. The molecule has 3 aromatic rings. The van der Waals surface area contributed by atoms with Crippen LogP contribution >= 0.6 is 23.1 Å². The van der Waals surface area contributed by atoms with E-state index in [1.165, 1.54) is 29.2 Å². The molecule has 0 spiro atoms. The first-order valence-electron chi connectivity index (χ1n) is 22.7. The first kappa shape index (κ1) is 50.4. The van der Waals surface area contributed by atoms with Crippen molar-refractivity contribution in [3.8, 4) is 17.6 Å². The van der Waals surface area contributed by atoms with E-state index in [0.29, 0.717) is 125 Å². The number of carboxylic acid groups (broad SMARTS) is 1. The molecule has 0 bridgehead atoms. The van der Waals surface area contributed by atoms with Crippen molar-refractivity contribution in [3.63, 3.8) is 0 Å². The summed E-state index contributed by atoms with van der Waals surface area (Å²) in [6.45, 7) is 8.95. The smallest absolute Gasteiger partial charge is 0.352 e. The second-order valence-electron chi connectivity index (χ2n) is 16.1. The van der Waals surface area contributed by atoms with Gasteiger partial charge in [0.2, 0.25) is 17.7 Å². The van der Waals surface area contributed by atoms with Crippen LogP contribution in [0.4, 0.5) is 9.52 Å². The molecule has 3 aliphatic heterocycles. The van der Waals surface area contributed by atoms with Gasteiger partial charge in [0.25, 0.3) is 0 Å². The van der Waals surface area contributed by atoms with Crippen molar-refractivity contribution in [1.82, 2.24) is 35.6 Å². The number of halogens is 1. The van der Waals surface area contributed by atoms with Gasteiger partial charge in [-0.25, -0.2) is 14.2 Å². The van der Waals surface area contributed by atoms with E-state index in [9.17, 15) is 24.3 Å². The minimum atomic E-state index is -1.07. The molecule has 67 heavy (non-hydrogen) atoms. The standard InChI is InChI=1S/C47H61FN10O7S2/c1-3-39(59)51-19-28-64-29-20-52-40(60)15-6-16-41(61)57-25-23-56(24-26-57)21-7-10-32-17-18-36(34(48)30-32)65-27-9-14-38-42(45(62)63)54-47(67-38)58-22-8-11-33(44(58)50)31(2)43(49)55-46-53-35-12-4-5-13-37(35)66-46/h4-5,12-13,17-18,30,47,54H,3,6,8-9,11,14-16,19-29,49-50H2,1-2H3,(H,51,59)(H,52,60)(H,53,55)(H,62,63)/b43-31+. The number of hydrogen-bond donors (Lipinski definition) is 7. The number of aromatic nitrogens is 1. The van der Waals surface area contributed by atoms with Crippen molar-refractivity contribution in [3.05, 3.63) is 87.2 Å². The number of rotatable bonds is 22. The van der Waals surface area contributed by atoms with Crippen LogP contribution in [0.15, 0.2) is 75.9 Å². The number of nitrogens with zero attached hydrogens (tertiary/aromatic N) is 4. The normalized spacial score (nSPS) is 16.9. The summed E-state index contributed by atoms with van der Waals surface area (Å²) in [5, 5.41) is 22.6. The van der Waals surface area contributed by atoms with E-state index in [2.05, 4.69) is 43.0 Å². The molecule has 1 aromatic heterocycles. The molecule has 4 heterocycles. The third-order valence-electron chi connectivity index (χ3n) is 11.4. The number of aliphatic carboxylic acids is 1. The molecule has 0 radical (unpaired) electrons. The van der Waals surface area contributed by atoms with Crippen molar-refractivity contribution in [2.45, 2.75) is 70.7 Å². The molecule has 1 fully saturated rings. The van der Waals surface area contributed by atoms with E-state index in [-0.39, 0.29) is 42.2 Å². The van der Waals surface area contributed by atoms with Gasteiger partial charge in [0.1, 0.15) is 17.3 Å². The third kappa shape index (κ3) is 14.7. The summed E-state index contributed by atoms with van der Waals surface area (Å²) in [6, 6.07) is 12.4. The molecule has 3 amide bonds. The quantitative estimate of drug-likeness (QED) is 0.0547. The molecule has 1 saturated heterocycles. The Morgan fingerprint density at radius 1 is 1.00 bits per heavy atom. The Labute approximate surface area is 398 Å². The van der Waals surface area contributed by atoms with Crippen LogP contribution in [-0.4, -0.2) is 126 Å². The second kappa shape index (κ2) is 25.2. The number of nitrogens with two attached hydrogens (primary N) is 2. The largest absolute Gasteiger partial charge is 0.491 e. The number of thiazole rings is 1. The van der Waals surface area contributed by atoms with Crippen LogP contribution in [0.1, 0.15) is 70.8 Å². The van der Waals surface area contributed by atoms with Gasteiger partial charge in [-0.05, 0) is 80.5 Å². The number of benzene rings is 2. The lowest BCUT2D eigenvalue weighted by molar-refractivity contribution is -0.134. The number of carbonyl (C=O) groups excluding carboxylic acids is 3. The van der Waals surface area contributed by atoms with Crippen LogP contribution < -0.4 is 37.5 Å². The first-order chi connectivity index (χ1) is 32.4. The zero-order valence-corrected chi connectivity index (χ0v) is 39.7. The van der Waals surface area contributed by atoms with Gasteiger partial charge in [0, 0.05) is 75.5 Å². The molecule has 2 aromatic carbocycles. The average molecular weight is 961 g/mol. The fourth-order valence-corrected chi connectivity index (χ4v) is 9.82. The van der Waals surface area contributed by atoms with Gasteiger partial charge >= 0.3 is 5.97 Å². The third-order valence-corrected chi connectivity index (χ3v) is 13.6. The van der Waals surface area contributed by atoms with Crippen LogP contribution in [0.25, 0.3) is 10.2 Å². The Kier molecular flexibility index (Phi) is 19.0. The number of para-hydroxylation sites is 1. The van der Waals surface area contributed by atoms with Gasteiger partial charge in [-0.2, -0.15) is 0 Å². The van der Waals surface area contributed by atoms with Gasteiger partial charge in [-0.15, -0.1) is 0 Å². The van der Waals surface area contributed by atoms with E-state index in [1.54, 1.807) is 19.1 Å². The maximum atomic E-state index is 15.1. The lowest BCUT2D eigenvalue weighted by Crippen LogP contribution is -2.48. The molecule has 3 aliphatic rings. The summed E-state index contributed by atoms with van der Waals surface area (Å²) in [5.74, 6) is 5.45. The van der Waals surface area contributed by atoms with Crippen molar-refractivity contribution < 1.29 is 38.1 Å². The Hall–Kier alpha value is -6.01. The summed E-state index contributed by atoms with van der Waals surface area (Å²) < 4.78 is 27.3. The minimum absolute atomic E-state index is 0.0193. The number of allylic oxidation sites excluding steroid dienone is 3. The molecule has 17 nitrogen and oxygen atoms in total. The molecule has 6 rings (SSSR count). The lowest BCUT2D eigenvalue weighted by Gasteiger charge is -2.36. The number of hydrogen-bond acceptors (Lipinski definition) is 15. The van der Waals surface area contributed by atoms with Crippen molar-refractivity contribution >= 4 is 62.1 Å². The van der Waals surface area contributed by atoms with Crippen molar-refractivity contribution in [2.75, 3.05) is 77.5 Å². The Morgan fingerprint density at radius 2 is 1.76 bits per heavy atom. The minimum Gasteiger partial charge on any atom is -0.491 e. The van der Waals surface area contributed by atoms with Crippen molar-refractivity contribution in [2.24, 2.45) is 11.5 Å². The number of thioether (sulfide) groups is 1. The van der Waals surface area contributed by atoms with E-state index in [1.807, 2.05) is 41.0 Å². The van der Waals surface area contributed by atoms with Gasteiger partial charge < -0.3 is 57.1 Å². The highest BCUT2D eigenvalue weighted by atomic mass is 32.2. The predicted octanol–water partition coefficient (Wildman–Crippen LogP) is 4.40. The lowest BCUT2D eigenvalue weighted by atomic mass is 9.98. The van der Waals surface area contributed by atoms with Crippen LogP contribution in [0.5, 0.6) is 5.75 Å². The monoisotopic (exact) mass is 960 g/mol. The topological polar surface area (TPSA) is 230 Å². The zero-order valence-electron chi connectivity index (χ0n) is 38.1. The summed E-state index contributed by atoms with van der Waals surface area (Å²) in [6.07, 6.45) is 3.83. The number of fused-ring (bicyclic) bond motifs is 1. The summed E-state index contributed by atoms with van der Waals surface area (Å²) in [4.78, 5) is 59.6. The Morgan fingerprint density at radius 3 is 2.49 bits per heavy atom. The van der Waals surface area contributed by atoms with E-state index in [4.69, 9.17) is 20.9 Å². The maximum absolute atomic E-state index is 15.1. The molecule has 0 saturated carbocycles. The maximum Gasteiger partial charge on any atom is 0.352 e. The second-order valence-corrected chi connectivity index (χ2v) is 18.3. The summed E-state index contributed by atoms with van der Waals surface area (Å²) in [5.41, 5.74) is 16.1. The van der Waals surface area contributed by atoms with E-state index >= 15 is 4.39 Å². The molecule has 1 unspecified atom stereocenters. The van der Waals surface area contributed by atoms with E-state index in [0.717, 1.165) is 34.2 Å². The van der Waals surface area contributed by atoms with Crippen molar-refractivity contribution in [1.29, 1.82) is 0 Å². The number of ether oxygens (including phenoxy) is 2. The Bertz CT molecular complexity index is 2370. The highest BCUT2D eigenvalue weighted by Gasteiger charge is 2.35.